The van der Waals surface area contributed by atoms with E-state index >= 15 is 0 Å². The van der Waals surface area contributed by atoms with Crippen molar-refractivity contribution in [1.82, 2.24) is 0 Å². The molecule has 0 N–H and O–H groups in total. The molecule has 0 aliphatic heterocycles. The molecule has 0 bridgehead atoms. The van der Waals surface area contributed by atoms with Gasteiger partial charge in [0.2, 0.25) is 0 Å². The van der Waals surface area contributed by atoms with Gasteiger partial charge in [-0.15, -0.1) is 0 Å². The summed E-state index contributed by atoms with van der Waals surface area (Å²) in [5.74, 6) is -6.32. The predicted octanol–water partition coefficient (Wildman–Crippen LogP) is 17.1. The van der Waals surface area contributed by atoms with E-state index in [1.807, 2.05) is 0 Å². The van der Waals surface area contributed by atoms with Crippen molar-refractivity contribution in [3.05, 3.63) is 213 Å². The van der Waals surface area contributed by atoms with Gasteiger partial charge in [0.1, 0.15) is 58.8 Å². The second-order valence-electron chi connectivity index (χ2n) is 20.7. The van der Waals surface area contributed by atoms with Crippen LogP contribution in [0.4, 0.5) is 26.3 Å². The molecule has 0 aromatic heterocycles. The summed E-state index contributed by atoms with van der Waals surface area (Å²) in [6.45, 7) is 5.61. The van der Waals surface area contributed by atoms with Crippen molar-refractivity contribution in [3.8, 4) is 34.5 Å². The van der Waals surface area contributed by atoms with E-state index in [1.54, 1.807) is 24.3 Å². The lowest BCUT2D eigenvalue weighted by atomic mass is 10.0. The molecule has 0 radical (unpaired) electrons. The van der Waals surface area contributed by atoms with Crippen molar-refractivity contribution in [2.24, 2.45) is 0 Å². The highest BCUT2D eigenvalue weighted by atomic mass is 19.4. The summed E-state index contributed by atoms with van der Waals surface area (Å²) in [6, 6.07) is 30.9. The maximum atomic E-state index is 14.1. The summed E-state index contributed by atoms with van der Waals surface area (Å²) in [7, 11) is 0. The Bertz CT molecular complexity index is 3300. The Hall–Kier alpha value is -9.46. The highest BCUT2D eigenvalue weighted by molar-refractivity contribution is 6.02. The van der Waals surface area contributed by atoms with Gasteiger partial charge < -0.3 is 37.9 Å². The van der Waals surface area contributed by atoms with Crippen LogP contribution in [-0.4, -0.2) is 49.0 Å². The number of benzene rings is 7. The normalized spacial score (nSPS) is 11.3. The van der Waals surface area contributed by atoms with Crippen LogP contribution >= 0.6 is 0 Å². The van der Waals surface area contributed by atoms with Gasteiger partial charge in [-0.25, -0.2) is 28.8 Å². The fourth-order valence-corrected chi connectivity index (χ4v) is 8.91. The number of halogens is 6. The van der Waals surface area contributed by atoms with Gasteiger partial charge in [-0.1, -0.05) is 108 Å². The molecule has 0 atom stereocenters. The molecule has 468 valence electrons. The number of ether oxygens (including phenoxy) is 8. The van der Waals surface area contributed by atoms with Crippen molar-refractivity contribution in [2.45, 2.75) is 123 Å². The molecule has 0 heterocycles. The molecule has 89 heavy (non-hydrogen) atoms. The zero-order valence-electron chi connectivity index (χ0n) is 49.2. The summed E-state index contributed by atoms with van der Waals surface area (Å²) in [5, 5.41) is 0. The van der Waals surface area contributed by atoms with Crippen molar-refractivity contribution >= 4 is 35.8 Å². The molecular formula is C69H66F6O14. The zero-order valence-corrected chi connectivity index (χ0v) is 49.2. The molecule has 0 unspecified atom stereocenters. The molecule has 20 heteroatoms. The van der Waals surface area contributed by atoms with Crippen LogP contribution in [0.15, 0.2) is 152 Å². The summed E-state index contributed by atoms with van der Waals surface area (Å²) in [4.78, 5) is 82.6. The number of hydrogen-bond acceptors (Lipinski definition) is 14. The topological polar surface area (TPSA) is 176 Å². The Labute approximate surface area is 510 Å². The first kappa shape index (κ1) is 67.1. The Kier molecular flexibility index (Phi) is 24.5. The van der Waals surface area contributed by atoms with Crippen LogP contribution in [0.3, 0.4) is 0 Å². The van der Waals surface area contributed by atoms with Gasteiger partial charge in [-0.3, -0.25) is 0 Å². The van der Waals surface area contributed by atoms with Crippen LogP contribution < -0.4 is 28.4 Å². The van der Waals surface area contributed by atoms with E-state index < -0.39 is 95.1 Å². The van der Waals surface area contributed by atoms with E-state index in [-0.39, 0.29) is 50.4 Å². The number of esters is 6. The summed E-state index contributed by atoms with van der Waals surface area (Å²) >= 11 is 0. The van der Waals surface area contributed by atoms with E-state index in [0.717, 1.165) is 137 Å². The van der Waals surface area contributed by atoms with Crippen molar-refractivity contribution in [2.75, 3.05) is 13.2 Å². The number of rotatable bonds is 30. The molecule has 0 saturated heterocycles. The molecule has 7 aromatic rings. The SMILES string of the molecule is CCCCCCCCOc1ccc(C(=O)Oc2ccc(OC(=O)c3cccc(C(=O)Oc4ccc(OC(=O)c5ccc(OCCCCCCCC)cc5)cc4C(=O)OCc4ccc(C(F)(F)F)cc4)c3C)c(C(=O)OCc3ccc(C(F)(F)F)cc3)c2)cc1. The smallest absolute Gasteiger partial charge is 0.416 e. The second kappa shape index (κ2) is 32.5. The first-order chi connectivity index (χ1) is 42.7. The third kappa shape index (κ3) is 20.3. The third-order valence-corrected chi connectivity index (χ3v) is 14.0. The highest BCUT2D eigenvalue weighted by Crippen LogP contribution is 2.34. The lowest BCUT2D eigenvalue weighted by Crippen LogP contribution is -2.18. The summed E-state index contributed by atoms with van der Waals surface area (Å²) in [5.41, 5.74) is -2.63. The highest BCUT2D eigenvalue weighted by Gasteiger charge is 2.32. The number of carbonyl (C=O) groups excluding carboxylic acids is 6. The number of alkyl halides is 6. The van der Waals surface area contributed by atoms with E-state index in [1.165, 1.54) is 74.4 Å². The van der Waals surface area contributed by atoms with Crippen molar-refractivity contribution in [1.29, 1.82) is 0 Å². The minimum Gasteiger partial charge on any atom is -0.494 e. The standard InChI is InChI=1S/C69H66F6O14/c1-4-6-8-10-12-14-39-82-52-31-23-48(24-32-52)62(76)86-54-35-37-60(58(41-54)64(78)84-43-46-19-27-50(28-20-46)68(70,71)72)88-66(80)56-17-16-18-57(45(56)3)67(81)89-61-38-36-55(42-59(61)65(79)85-44-47-21-29-51(30-22-47)69(73,74)75)87-63(77)49-25-33-53(34-26-49)83-40-15-13-11-9-7-5-2/h16-38,41-42H,4-15,39-40,43-44H2,1-3H3. The van der Waals surface area contributed by atoms with Crippen LogP contribution in [0.25, 0.3) is 0 Å². The Morgan fingerprint density at radius 2 is 0.708 bits per heavy atom. The van der Waals surface area contributed by atoms with Gasteiger partial charge in [0, 0.05) is 0 Å². The minimum atomic E-state index is -4.62. The van der Waals surface area contributed by atoms with E-state index in [9.17, 15) is 55.1 Å². The number of hydrogen-bond donors (Lipinski definition) is 0. The maximum absolute atomic E-state index is 14.1. The Balaban J connectivity index is 1.08. The average Bonchev–Trinajstić information content (AvgIpc) is 3.13. The van der Waals surface area contributed by atoms with Gasteiger partial charge in [-0.05, 0) is 158 Å². The van der Waals surface area contributed by atoms with Crippen LogP contribution in [0.5, 0.6) is 34.5 Å². The zero-order chi connectivity index (χ0) is 63.9. The molecule has 7 rings (SSSR count). The van der Waals surface area contributed by atoms with Crippen molar-refractivity contribution in [3.63, 3.8) is 0 Å². The van der Waals surface area contributed by atoms with Crippen LogP contribution in [0, 0.1) is 6.92 Å². The molecule has 0 aliphatic carbocycles. The van der Waals surface area contributed by atoms with Gasteiger partial charge >= 0.3 is 48.2 Å². The lowest BCUT2D eigenvalue weighted by molar-refractivity contribution is -0.138. The molecule has 0 fully saturated rings. The Morgan fingerprint density at radius 3 is 1.07 bits per heavy atom. The minimum absolute atomic E-state index is 0.0193. The van der Waals surface area contributed by atoms with E-state index in [2.05, 4.69) is 13.8 Å². The van der Waals surface area contributed by atoms with Crippen LogP contribution in [0.2, 0.25) is 0 Å². The van der Waals surface area contributed by atoms with Gasteiger partial charge in [0.15, 0.2) is 0 Å². The monoisotopic (exact) mass is 1230 g/mol. The quantitative estimate of drug-likeness (QED) is 0.0180. The molecule has 0 spiro atoms. The molecule has 0 aliphatic rings. The fourth-order valence-electron chi connectivity index (χ4n) is 8.91. The number of unbranched alkanes of at least 4 members (excludes halogenated alkanes) is 10. The van der Waals surface area contributed by atoms with Crippen LogP contribution in [-0.2, 0) is 35.0 Å². The largest absolute Gasteiger partial charge is 0.494 e. The van der Waals surface area contributed by atoms with Gasteiger partial charge in [-0.2, -0.15) is 26.3 Å². The first-order valence-corrected chi connectivity index (χ1v) is 29.1. The van der Waals surface area contributed by atoms with Gasteiger partial charge in [0.25, 0.3) is 0 Å². The Morgan fingerprint density at radius 1 is 0.360 bits per heavy atom. The fraction of sp³-hybridized carbons (Fsp3) is 0.304. The predicted molar refractivity (Wildman–Crippen MR) is 316 cm³/mol. The van der Waals surface area contributed by atoms with Gasteiger partial charge in [0.05, 0.1) is 46.6 Å². The molecular weight excluding hydrogens is 1170 g/mol. The first-order valence-electron chi connectivity index (χ1n) is 29.1. The second-order valence-corrected chi connectivity index (χ2v) is 20.7. The summed E-state index contributed by atoms with van der Waals surface area (Å²) < 4.78 is 125. The average molecular weight is 1230 g/mol. The van der Waals surface area contributed by atoms with E-state index in [4.69, 9.17) is 37.9 Å². The van der Waals surface area contributed by atoms with Crippen LogP contribution in [0.1, 0.15) is 181 Å². The molecule has 7 aromatic carbocycles. The van der Waals surface area contributed by atoms with Crippen molar-refractivity contribution < 1.29 is 93.0 Å². The molecule has 0 amide bonds. The molecule has 14 nitrogen and oxygen atoms in total. The lowest BCUT2D eigenvalue weighted by Gasteiger charge is -2.15. The molecule has 0 saturated carbocycles. The maximum Gasteiger partial charge on any atom is 0.416 e. The van der Waals surface area contributed by atoms with E-state index in [0.29, 0.717) is 24.7 Å². The summed E-state index contributed by atoms with van der Waals surface area (Å²) in [6.07, 6.45) is 3.75. The third-order valence-electron chi connectivity index (χ3n) is 14.0. The number of carbonyl (C=O) groups is 6.